The van der Waals surface area contributed by atoms with Crippen molar-refractivity contribution < 1.29 is 13.2 Å². The minimum absolute atomic E-state index is 0.00413. The molecule has 0 spiro atoms. The molecule has 1 fully saturated rings. The smallest absolute Gasteiger partial charge is 0.233 e. The van der Waals surface area contributed by atoms with Crippen molar-refractivity contribution in [1.82, 2.24) is 19.7 Å². The summed E-state index contributed by atoms with van der Waals surface area (Å²) in [5.74, 6) is 0.926. The number of nitrogens with zero attached hydrogens (tertiary/aromatic N) is 4. The number of thioether (sulfide) groups is 1. The number of hydrogen-bond acceptors (Lipinski definition) is 6. The molecule has 0 N–H and O–H groups in total. The number of sulfone groups is 1. The van der Waals surface area contributed by atoms with Crippen LogP contribution in [0.1, 0.15) is 34.5 Å². The number of benzene rings is 4. The number of amides is 1. The molecule has 1 amide bonds. The highest BCUT2D eigenvalue weighted by Gasteiger charge is 2.35. The molecule has 43 heavy (non-hydrogen) atoms. The van der Waals surface area contributed by atoms with Crippen LogP contribution >= 0.6 is 11.8 Å². The molecule has 9 heteroatoms. The maximum atomic E-state index is 13.8. The summed E-state index contributed by atoms with van der Waals surface area (Å²) in [7, 11) is -3.15. The van der Waals surface area contributed by atoms with Gasteiger partial charge in [-0.2, -0.15) is 0 Å². The zero-order valence-electron chi connectivity index (χ0n) is 24.3. The van der Waals surface area contributed by atoms with Gasteiger partial charge in [-0.05, 0) is 53.8 Å². The maximum absolute atomic E-state index is 13.8. The van der Waals surface area contributed by atoms with E-state index in [2.05, 4.69) is 77.1 Å². The highest BCUT2D eigenvalue weighted by atomic mass is 32.2. The van der Waals surface area contributed by atoms with Crippen LogP contribution in [-0.4, -0.2) is 57.3 Å². The van der Waals surface area contributed by atoms with Gasteiger partial charge in [-0.25, -0.2) is 8.42 Å². The first-order valence-electron chi connectivity index (χ1n) is 14.4. The topological polar surface area (TPSA) is 85.2 Å². The van der Waals surface area contributed by atoms with Crippen molar-refractivity contribution >= 4 is 38.3 Å². The summed E-state index contributed by atoms with van der Waals surface area (Å²) in [4.78, 5) is 15.5. The monoisotopic (exact) mass is 610 g/mol. The molecule has 0 unspecified atom stereocenters. The van der Waals surface area contributed by atoms with Crippen LogP contribution in [0.4, 0.5) is 0 Å². The first-order valence-corrected chi connectivity index (χ1v) is 17.2. The fourth-order valence-electron chi connectivity index (χ4n) is 5.85. The van der Waals surface area contributed by atoms with Gasteiger partial charge >= 0.3 is 0 Å². The maximum Gasteiger partial charge on any atom is 0.233 e. The van der Waals surface area contributed by atoms with Crippen molar-refractivity contribution in [2.45, 2.75) is 44.4 Å². The third kappa shape index (κ3) is 6.53. The zero-order valence-corrected chi connectivity index (χ0v) is 25.9. The van der Waals surface area contributed by atoms with Crippen LogP contribution in [0.3, 0.4) is 0 Å². The number of rotatable bonds is 9. The van der Waals surface area contributed by atoms with Crippen molar-refractivity contribution in [3.63, 3.8) is 0 Å². The van der Waals surface area contributed by atoms with Gasteiger partial charge < -0.3 is 4.90 Å². The van der Waals surface area contributed by atoms with E-state index in [0.29, 0.717) is 24.5 Å². The second-order valence-electron chi connectivity index (χ2n) is 11.2. The molecule has 2 heterocycles. The summed E-state index contributed by atoms with van der Waals surface area (Å²) < 4.78 is 26.7. The SMILES string of the molecule is Cc1ccc(-n2c(Cc3cccc4ccccc34)nnc2SCC(=O)N(Cc2ccccc2)[C@H]2CCS(=O)(=O)C2)c(C)c1. The van der Waals surface area contributed by atoms with Gasteiger partial charge in [-0.1, -0.05) is 102 Å². The van der Waals surface area contributed by atoms with Gasteiger partial charge in [0, 0.05) is 19.0 Å². The molecule has 7 nitrogen and oxygen atoms in total. The highest BCUT2D eigenvalue weighted by Crippen LogP contribution is 2.29. The van der Waals surface area contributed by atoms with E-state index < -0.39 is 9.84 Å². The van der Waals surface area contributed by atoms with E-state index in [1.807, 2.05) is 42.5 Å². The number of fused-ring (bicyclic) bond motifs is 1. The molecule has 5 aromatic rings. The van der Waals surface area contributed by atoms with Crippen LogP contribution in [-0.2, 0) is 27.6 Å². The molecule has 1 aromatic heterocycles. The van der Waals surface area contributed by atoms with Crippen LogP contribution in [0, 0.1) is 13.8 Å². The number of aryl methyl sites for hydroxylation is 2. The summed E-state index contributed by atoms with van der Waals surface area (Å²) in [6.07, 6.45) is 1.04. The third-order valence-electron chi connectivity index (χ3n) is 8.01. The normalized spacial score (nSPS) is 16.0. The lowest BCUT2D eigenvalue weighted by molar-refractivity contribution is -0.130. The molecule has 1 aliphatic rings. The number of aromatic nitrogens is 3. The van der Waals surface area contributed by atoms with Crippen LogP contribution < -0.4 is 0 Å². The van der Waals surface area contributed by atoms with Crippen molar-refractivity contribution in [3.8, 4) is 5.69 Å². The lowest BCUT2D eigenvalue weighted by Gasteiger charge is -2.28. The molecule has 0 radical (unpaired) electrons. The summed E-state index contributed by atoms with van der Waals surface area (Å²) in [5.41, 5.74) is 5.36. The van der Waals surface area contributed by atoms with E-state index in [9.17, 15) is 13.2 Å². The predicted molar refractivity (Wildman–Crippen MR) is 172 cm³/mol. The Balaban J connectivity index is 1.31. The first kappa shape index (κ1) is 29.1. The molecular formula is C34H34N4O3S2. The Labute approximate surface area is 256 Å². The van der Waals surface area contributed by atoms with Gasteiger partial charge in [0.15, 0.2) is 15.0 Å². The Kier molecular flexibility index (Phi) is 8.36. The van der Waals surface area contributed by atoms with Crippen molar-refractivity contribution in [1.29, 1.82) is 0 Å². The van der Waals surface area contributed by atoms with Crippen molar-refractivity contribution in [3.05, 3.63) is 119 Å². The van der Waals surface area contributed by atoms with Crippen LogP contribution in [0.25, 0.3) is 16.5 Å². The molecule has 0 aliphatic carbocycles. The second-order valence-corrected chi connectivity index (χ2v) is 14.4. The second kappa shape index (κ2) is 12.3. The van der Waals surface area contributed by atoms with E-state index in [-0.39, 0.29) is 29.2 Å². The van der Waals surface area contributed by atoms with E-state index in [0.717, 1.165) is 33.8 Å². The number of carbonyl (C=O) groups is 1. The molecule has 0 bridgehead atoms. The standard InChI is InChI=1S/C34H34N4O3S2/c1-24-15-16-31(25(2)19-24)38-32(20-28-13-8-12-27-11-6-7-14-30(27)28)35-36-34(38)42-22-33(39)37(21-26-9-4-3-5-10-26)29-17-18-43(40,41)23-29/h3-16,19,29H,17-18,20-23H2,1-2H3/t29-/m0/s1. The minimum atomic E-state index is -3.15. The molecule has 220 valence electrons. The summed E-state index contributed by atoms with van der Waals surface area (Å²) in [6.45, 7) is 4.51. The summed E-state index contributed by atoms with van der Waals surface area (Å²) in [6, 6.07) is 30.3. The Morgan fingerprint density at radius 2 is 1.72 bits per heavy atom. The van der Waals surface area contributed by atoms with E-state index >= 15 is 0 Å². The number of carbonyl (C=O) groups excluding carboxylic acids is 1. The van der Waals surface area contributed by atoms with Gasteiger partial charge in [0.25, 0.3) is 0 Å². The molecule has 4 aromatic carbocycles. The van der Waals surface area contributed by atoms with Gasteiger partial charge in [-0.3, -0.25) is 9.36 Å². The summed E-state index contributed by atoms with van der Waals surface area (Å²) >= 11 is 1.34. The van der Waals surface area contributed by atoms with E-state index in [1.165, 1.54) is 22.5 Å². The molecule has 1 saturated heterocycles. The van der Waals surface area contributed by atoms with Crippen LogP contribution in [0.15, 0.2) is 96.2 Å². The fraction of sp³-hybridized carbons (Fsp3) is 0.265. The van der Waals surface area contributed by atoms with Gasteiger partial charge in [0.05, 0.1) is 22.9 Å². The Hall–Kier alpha value is -3.95. The van der Waals surface area contributed by atoms with Crippen molar-refractivity contribution in [2.75, 3.05) is 17.3 Å². The Morgan fingerprint density at radius 1 is 0.953 bits per heavy atom. The summed E-state index contributed by atoms with van der Waals surface area (Å²) in [5, 5.41) is 12.2. The minimum Gasteiger partial charge on any atom is -0.334 e. The van der Waals surface area contributed by atoms with Crippen LogP contribution in [0.5, 0.6) is 0 Å². The number of hydrogen-bond donors (Lipinski definition) is 0. The van der Waals surface area contributed by atoms with E-state index in [1.54, 1.807) is 4.90 Å². The van der Waals surface area contributed by atoms with Crippen LogP contribution in [0.2, 0.25) is 0 Å². The highest BCUT2D eigenvalue weighted by molar-refractivity contribution is 7.99. The average molecular weight is 611 g/mol. The molecule has 1 aliphatic heterocycles. The van der Waals surface area contributed by atoms with E-state index in [4.69, 9.17) is 0 Å². The lowest BCUT2D eigenvalue weighted by Crippen LogP contribution is -2.41. The Bertz CT molecular complexity index is 1880. The Morgan fingerprint density at radius 3 is 2.49 bits per heavy atom. The average Bonchev–Trinajstić information content (AvgIpc) is 3.57. The molecule has 6 rings (SSSR count). The predicted octanol–water partition coefficient (Wildman–Crippen LogP) is 5.94. The fourth-order valence-corrected chi connectivity index (χ4v) is 8.44. The molecule has 1 atom stereocenters. The molecule has 0 saturated carbocycles. The first-order chi connectivity index (χ1) is 20.8. The van der Waals surface area contributed by atoms with Gasteiger partial charge in [0.2, 0.25) is 5.91 Å². The van der Waals surface area contributed by atoms with Gasteiger partial charge in [0.1, 0.15) is 5.82 Å². The lowest BCUT2D eigenvalue weighted by atomic mass is 10.0. The third-order valence-corrected chi connectivity index (χ3v) is 10.7. The van der Waals surface area contributed by atoms with Gasteiger partial charge in [-0.15, -0.1) is 10.2 Å². The molecular weight excluding hydrogens is 577 g/mol. The zero-order chi connectivity index (χ0) is 30.0. The largest absolute Gasteiger partial charge is 0.334 e. The van der Waals surface area contributed by atoms with Crippen molar-refractivity contribution in [2.24, 2.45) is 0 Å². The quantitative estimate of drug-likeness (QED) is 0.192.